The van der Waals surface area contributed by atoms with E-state index < -0.39 is 12.8 Å². The number of aliphatic imine (C=N–C) groups is 1. The molecule has 2 saturated heterocycles. The first kappa shape index (κ1) is 36.3. The fraction of sp³-hybridized carbons (Fsp3) is 0.424. The fourth-order valence-corrected chi connectivity index (χ4v) is 5.84. The second-order valence-corrected chi connectivity index (χ2v) is 11.1. The van der Waals surface area contributed by atoms with E-state index in [1.807, 2.05) is 23.2 Å². The highest BCUT2D eigenvalue weighted by atomic mass is 19.4. The Kier molecular flexibility index (Phi) is 11.8. The van der Waals surface area contributed by atoms with Gasteiger partial charge in [-0.15, -0.1) is 13.2 Å². The zero-order valence-electron chi connectivity index (χ0n) is 26.7. The van der Waals surface area contributed by atoms with Crippen molar-refractivity contribution in [2.24, 2.45) is 10.9 Å². The summed E-state index contributed by atoms with van der Waals surface area (Å²) >= 11 is 0. The zero-order chi connectivity index (χ0) is 35.2. The van der Waals surface area contributed by atoms with Gasteiger partial charge in [-0.2, -0.15) is 4.98 Å². The molecule has 15 heteroatoms. The molecule has 2 aliphatic heterocycles. The van der Waals surface area contributed by atoms with Gasteiger partial charge in [-0.25, -0.2) is 13.8 Å². The second kappa shape index (κ2) is 15.6. The van der Waals surface area contributed by atoms with Gasteiger partial charge < -0.3 is 33.4 Å². The maximum atomic E-state index is 13.4. The summed E-state index contributed by atoms with van der Waals surface area (Å²) in [6.07, 6.45) is -6.62. The number of furan rings is 1. The van der Waals surface area contributed by atoms with E-state index in [-0.39, 0.29) is 29.5 Å². The number of alkyl halides is 5. The van der Waals surface area contributed by atoms with Gasteiger partial charge in [0.2, 0.25) is 0 Å². The molecule has 2 fully saturated rings. The SMILES string of the molecule is C=C(c1oc2ccccc2c1N=C(C)C(F)F)N1CC[C@H](Oc2nc3cc(OC(F)(F)F)ccc3n2[C@H]2CCOC[C@@H]2C)C1.C=O.CO. The first-order chi connectivity index (χ1) is 23.0. The molecule has 2 aromatic heterocycles. The summed E-state index contributed by atoms with van der Waals surface area (Å²) in [4.78, 5) is 18.7. The molecule has 0 unspecified atom stereocenters. The molecule has 2 aliphatic rings. The predicted octanol–water partition coefficient (Wildman–Crippen LogP) is 7.18. The van der Waals surface area contributed by atoms with Crippen LogP contribution in [0.3, 0.4) is 0 Å². The van der Waals surface area contributed by atoms with Gasteiger partial charge in [0.15, 0.2) is 5.76 Å². The van der Waals surface area contributed by atoms with Crippen molar-refractivity contribution in [1.29, 1.82) is 0 Å². The van der Waals surface area contributed by atoms with Crippen LogP contribution in [0, 0.1) is 5.92 Å². The fourth-order valence-electron chi connectivity index (χ4n) is 5.84. The Balaban J connectivity index is 0.00000125. The standard InChI is InChI=1S/C31H31F5N4O4.CH4O.CH2O/c1-17-16-41-13-11-24(17)40-25-9-8-20(44-31(34,35)36)14-23(25)38-30(40)42-21-10-12-39(15-21)19(3)28-27(37-18(2)29(32)33)22-6-4-5-7-26(22)43-28;2*1-2/h4-9,14,17,21,24,29H,3,10-13,15-16H2,1-2H3;2H,1H3;1H2/t17-,21-,24-;;/m0../s1. The number of benzene rings is 2. The van der Waals surface area contributed by atoms with Crippen molar-refractivity contribution in [3.8, 4) is 11.8 Å². The molecule has 6 rings (SSSR count). The van der Waals surface area contributed by atoms with Crippen LogP contribution in [-0.2, 0) is 9.53 Å². The number of aliphatic hydroxyl groups excluding tert-OH is 1. The Morgan fingerprint density at radius 1 is 1.15 bits per heavy atom. The van der Waals surface area contributed by atoms with E-state index in [0.29, 0.717) is 84.3 Å². The lowest BCUT2D eigenvalue weighted by atomic mass is 9.97. The molecule has 4 heterocycles. The lowest BCUT2D eigenvalue weighted by molar-refractivity contribution is -0.274. The molecule has 0 bridgehead atoms. The van der Waals surface area contributed by atoms with Gasteiger partial charge in [0.25, 0.3) is 12.4 Å². The lowest BCUT2D eigenvalue weighted by Gasteiger charge is -2.31. The summed E-state index contributed by atoms with van der Waals surface area (Å²) in [6, 6.07) is 11.4. The number of likely N-dealkylation sites (tertiary alicyclic amines) is 1. The van der Waals surface area contributed by atoms with Crippen LogP contribution in [0.15, 0.2) is 58.5 Å². The van der Waals surface area contributed by atoms with Crippen molar-refractivity contribution < 1.29 is 50.5 Å². The van der Waals surface area contributed by atoms with Crippen LogP contribution in [0.25, 0.3) is 27.7 Å². The normalized spacial score (nSPS) is 19.9. The molecule has 0 amide bonds. The molecular weight excluding hydrogens is 643 g/mol. The van der Waals surface area contributed by atoms with E-state index in [1.54, 1.807) is 30.3 Å². The number of nitrogens with zero attached hydrogens (tertiary/aromatic N) is 4. The van der Waals surface area contributed by atoms with Crippen LogP contribution >= 0.6 is 0 Å². The van der Waals surface area contributed by atoms with Gasteiger partial charge >= 0.3 is 6.36 Å². The molecule has 0 saturated carbocycles. The summed E-state index contributed by atoms with van der Waals surface area (Å²) in [5, 5.41) is 7.60. The minimum atomic E-state index is -4.83. The molecule has 260 valence electrons. The van der Waals surface area contributed by atoms with Gasteiger partial charge in [0.1, 0.15) is 29.9 Å². The van der Waals surface area contributed by atoms with Gasteiger partial charge in [0.05, 0.1) is 35.6 Å². The third-order valence-corrected chi connectivity index (χ3v) is 8.02. The molecule has 0 spiro atoms. The first-order valence-electron chi connectivity index (χ1n) is 15.0. The number of carbonyl (C=O) groups excluding carboxylic acids is 1. The maximum Gasteiger partial charge on any atom is 0.573 e. The number of imidazole rings is 1. The highest BCUT2D eigenvalue weighted by Crippen LogP contribution is 2.41. The van der Waals surface area contributed by atoms with E-state index in [9.17, 15) is 22.0 Å². The van der Waals surface area contributed by atoms with Crippen LogP contribution in [0.2, 0.25) is 0 Å². The zero-order valence-corrected chi connectivity index (χ0v) is 26.7. The molecule has 2 aromatic carbocycles. The number of aromatic nitrogens is 2. The van der Waals surface area contributed by atoms with Crippen molar-refractivity contribution in [2.75, 3.05) is 33.4 Å². The number of para-hydroxylation sites is 1. The van der Waals surface area contributed by atoms with E-state index in [2.05, 4.69) is 21.3 Å². The Morgan fingerprint density at radius 2 is 1.88 bits per heavy atom. The first-order valence-corrected chi connectivity index (χ1v) is 15.0. The number of hydrogen-bond acceptors (Lipinski definition) is 9. The van der Waals surface area contributed by atoms with Crippen molar-refractivity contribution in [3.05, 3.63) is 54.8 Å². The maximum absolute atomic E-state index is 13.4. The van der Waals surface area contributed by atoms with Crippen LogP contribution in [0.4, 0.5) is 27.6 Å². The Morgan fingerprint density at radius 3 is 2.56 bits per heavy atom. The molecular formula is C33H37F5N4O6. The minimum absolute atomic E-state index is 0.0420. The quantitative estimate of drug-likeness (QED) is 0.154. The molecule has 4 aromatic rings. The molecule has 0 aliphatic carbocycles. The lowest BCUT2D eigenvalue weighted by Crippen LogP contribution is -2.30. The Hall–Kier alpha value is -4.50. The number of carbonyl (C=O) groups is 1. The topological polar surface area (TPSA) is 112 Å². The van der Waals surface area contributed by atoms with E-state index in [4.69, 9.17) is 23.8 Å². The van der Waals surface area contributed by atoms with Gasteiger partial charge in [-0.05, 0) is 37.6 Å². The molecule has 0 radical (unpaired) electrons. The van der Waals surface area contributed by atoms with Gasteiger partial charge in [0, 0.05) is 50.1 Å². The smallest absolute Gasteiger partial charge is 0.459 e. The third kappa shape index (κ3) is 7.96. The van der Waals surface area contributed by atoms with Crippen molar-refractivity contribution in [1.82, 2.24) is 14.5 Å². The van der Waals surface area contributed by atoms with Crippen molar-refractivity contribution >= 4 is 45.9 Å². The Labute approximate surface area is 273 Å². The molecule has 48 heavy (non-hydrogen) atoms. The van der Waals surface area contributed by atoms with E-state index in [1.165, 1.54) is 19.1 Å². The summed E-state index contributed by atoms with van der Waals surface area (Å²) in [5.74, 6) is 0.0430. The number of ether oxygens (including phenoxy) is 3. The summed E-state index contributed by atoms with van der Waals surface area (Å²) < 4.78 is 89.7. The number of aliphatic hydroxyl groups is 1. The molecule has 1 N–H and O–H groups in total. The molecule has 10 nitrogen and oxygen atoms in total. The summed E-state index contributed by atoms with van der Waals surface area (Å²) in [5.41, 5.74) is 1.89. The van der Waals surface area contributed by atoms with Crippen LogP contribution < -0.4 is 9.47 Å². The summed E-state index contributed by atoms with van der Waals surface area (Å²) in [6.45, 7) is 11.5. The monoisotopic (exact) mass is 680 g/mol. The highest BCUT2D eigenvalue weighted by Gasteiger charge is 2.34. The van der Waals surface area contributed by atoms with Crippen LogP contribution in [-0.4, -0.2) is 84.4 Å². The number of rotatable bonds is 8. The van der Waals surface area contributed by atoms with E-state index >= 15 is 0 Å². The highest BCUT2D eigenvalue weighted by molar-refractivity contribution is 5.99. The molecule has 3 atom stereocenters. The summed E-state index contributed by atoms with van der Waals surface area (Å²) in [7, 11) is 1.00. The predicted molar refractivity (Wildman–Crippen MR) is 170 cm³/mol. The van der Waals surface area contributed by atoms with Gasteiger partial charge in [-0.1, -0.05) is 25.6 Å². The minimum Gasteiger partial charge on any atom is -0.459 e. The third-order valence-electron chi connectivity index (χ3n) is 8.02. The van der Waals surface area contributed by atoms with Crippen molar-refractivity contribution in [3.63, 3.8) is 0 Å². The Bertz CT molecular complexity index is 1740. The van der Waals surface area contributed by atoms with Crippen LogP contribution in [0.1, 0.15) is 38.5 Å². The van der Waals surface area contributed by atoms with Gasteiger partial charge in [-0.3, -0.25) is 4.57 Å². The largest absolute Gasteiger partial charge is 0.573 e. The number of fused-ring (bicyclic) bond motifs is 2. The van der Waals surface area contributed by atoms with E-state index in [0.717, 1.165) is 7.11 Å². The number of hydrogen-bond donors (Lipinski definition) is 1. The van der Waals surface area contributed by atoms with Crippen molar-refractivity contribution in [2.45, 2.75) is 51.6 Å². The number of halogens is 5. The average Bonchev–Trinajstić information content (AvgIpc) is 3.78. The van der Waals surface area contributed by atoms with Crippen LogP contribution in [0.5, 0.6) is 11.8 Å². The second-order valence-electron chi connectivity index (χ2n) is 11.1. The average molecular weight is 681 g/mol.